The van der Waals surface area contributed by atoms with Gasteiger partial charge in [-0.25, -0.2) is 8.42 Å². The molecule has 1 unspecified atom stereocenters. The number of hydrogen-bond acceptors (Lipinski definition) is 4. The van der Waals surface area contributed by atoms with Crippen LogP contribution in [0.25, 0.3) is 0 Å². The zero-order chi connectivity index (χ0) is 14.6. The Labute approximate surface area is 119 Å². The average molecular weight is 297 g/mol. The maximum absolute atomic E-state index is 12.2. The van der Waals surface area contributed by atoms with E-state index < -0.39 is 9.84 Å². The van der Waals surface area contributed by atoms with Crippen LogP contribution in [0.5, 0.6) is 0 Å². The molecule has 0 spiro atoms. The van der Waals surface area contributed by atoms with Crippen LogP contribution in [0.4, 0.5) is 5.69 Å². The van der Waals surface area contributed by atoms with Crippen molar-refractivity contribution in [2.75, 3.05) is 17.7 Å². The molecule has 1 atom stereocenters. The molecule has 0 bridgehead atoms. The molecule has 0 saturated carbocycles. The van der Waals surface area contributed by atoms with E-state index in [9.17, 15) is 13.2 Å². The summed E-state index contributed by atoms with van der Waals surface area (Å²) in [6.45, 7) is 2.40. The molecule has 1 aromatic rings. The molecule has 1 fully saturated rings. The van der Waals surface area contributed by atoms with Gasteiger partial charge < -0.3 is 10.1 Å². The van der Waals surface area contributed by atoms with E-state index in [1.165, 1.54) is 12.1 Å². The molecule has 0 aliphatic carbocycles. The average Bonchev–Trinajstić information content (AvgIpc) is 2.91. The minimum atomic E-state index is -3.33. The Bertz CT molecular complexity index is 559. The van der Waals surface area contributed by atoms with E-state index in [1.807, 2.05) is 0 Å². The van der Waals surface area contributed by atoms with Crippen molar-refractivity contribution in [2.24, 2.45) is 0 Å². The molecule has 1 aliphatic heterocycles. The van der Waals surface area contributed by atoms with Crippen molar-refractivity contribution in [2.45, 2.75) is 37.2 Å². The molecule has 5 nitrogen and oxygen atoms in total. The standard InChI is InChI=1S/C14H19NO4S/c1-2-14(16)15-11-5-7-13(8-6-11)20(17,18)10-12-4-3-9-19-12/h5-8,12H,2-4,9-10H2,1H3,(H,15,16). The number of anilines is 1. The van der Waals surface area contributed by atoms with Crippen LogP contribution < -0.4 is 5.32 Å². The van der Waals surface area contributed by atoms with E-state index in [-0.39, 0.29) is 22.7 Å². The van der Waals surface area contributed by atoms with Gasteiger partial charge in [0.05, 0.1) is 16.8 Å². The van der Waals surface area contributed by atoms with E-state index in [1.54, 1.807) is 19.1 Å². The zero-order valence-electron chi connectivity index (χ0n) is 11.5. The molecule has 0 aromatic heterocycles. The number of nitrogens with one attached hydrogen (secondary N) is 1. The molecule has 110 valence electrons. The Morgan fingerprint density at radius 1 is 1.35 bits per heavy atom. The Hall–Kier alpha value is -1.40. The number of sulfone groups is 1. The number of amides is 1. The summed E-state index contributed by atoms with van der Waals surface area (Å²) in [4.78, 5) is 11.5. The second-order valence-electron chi connectivity index (χ2n) is 4.84. The van der Waals surface area contributed by atoms with Crippen LogP contribution in [0.3, 0.4) is 0 Å². The first-order valence-corrected chi connectivity index (χ1v) is 8.41. The van der Waals surface area contributed by atoms with Gasteiger partial charge in [-0.1, -0.05) is 6.92 Å². The molecule has 1 aliphatic rings. The van der Waals surface area contributed by atoms with Crippen LogP contribution in [0.1, 0.15) is 26.2 Å². The van der Waals surface area contributed by atoms with Crippen molar-refractivity contribution in [1.29, 1.82) is 0 Å². The molecule has 20 heavy (non-hydrogen) atoms. The van der Waals surface area contributed by atoms with Gasteiger partial charge >= 0.3 is 0 Å². The van der Waals surface area contributed by atoms with Crippen molar-refractivity contribution < 1.29 is 17.9 Å². The minimum absolute atomic E-state index is 0.0215. The van der Waals surface area contributed by atoms with Crippen LogP contribution in [0, 0.1) is 0 Å². The van der Waals surface area contributed by atoms with E-state index in [2.05, 4.69) is 5.32 Å². The van der Waals surface area contributed by atoms with Gasteiger partial charge in [0, 0.05) is 18.7 Å². The van der Waals surface area contributed by atoms with Gasteiger partial charge in [-0.15, -0.1) is 0 Å². The molecule has 2 rings (SSSR count). The predicted octanol–water partition coefficient (Wildman–Crippen LogP) is 1.99. The molecule has 1 aromatic carbocycles. The summed E-state index contributed by atoms with van der Waals surface area (Å²) in [6.07, 6.45) is 1.91. The fourth-order valence-electron chi connectivity index (χ4n) is 2.11. The largest absolute Gasteiger partial charge is 0.377 e. The fourth-order valence-corrected chi connectivity index (χ4v) is 3.61. The molecule has 6 heteroatoms. The van der Waals surface area contributed by atoms with E-state index in [4.69, 9.17) is 4.74 Å². The number of benzene rings is 1. The first-order chi connectivity index (χ1) is 9.51. The van der Waals surface area contributed by atoms with E-state index in [0.29, 0.717) is 18.7 Å². The van der Waals surface area contributed by atoms with E-state index in [0.717, 1.165) is 12.8 Å². The van der Waals surface area contributed by atoms with Crippen molar-refractivity contribution in [3.05, 3.63) is 24.3 Å². The number of carbonyl (C=O) groups is 1. The van der Waals surface area contributed by atoms with Gasteiger partial charge in [-0.05, 0) is 37.1 Å². The third kappa shape index (κ3) is 3.80. The van der Waals surface area contributed by atoms with Crippen molar-refractivity contribution in [3.63, 3.8) is 0 Å². The summed E-state index contributed by atoms with van der Waals surface area (Å²) >= 11 is 0. The third-order valence-electron chi connectivity index (χ3n) is 3.25. The monoisotopic (exact) mass is 297 g/mol. The fraction of sp³-hybridized carbons (Fsp3) is 0.500. The maximum Gasteiger partial charge on any atom is 0.224 e. The lowest BCUT2D eigenvalue weighted by molar-refractivity contribution is -0.115. The SMILES string of the molecule is CCC(=O)Nc1ccc(S(=O)(=O)CC2CCCO2)cc1. The highest BCUT2D eigenvalue weighted by Gasteiger charge is 2.24. The van der Waals surface area contributed by atoms with Crippen LogP contribution in [0.15, 0.2) is 29.2 Å². The number of hydrogen-bond donors (Lipinski definition) is 1. The van der Waals surface area contributed by atoms with Crippen LogP contribution in [0.2, 0.25) is 0 Å². The normalized spacial score (nSPS) is 18.9. The maximum atomic E-state index is 12.2. The second-order valence-corrected chi connectivity index (χ2v) is 6.88. The lowest BCUT2D eigenvalue weighted by atomic mass is 10.3. The Balaban J connectivity index is 2.06. The van der Waals surface area contributed by atoms with Gasteiger partial charge in [0.15, 0.2) is 9.84 Å². The Morgan fingerprint density at radius 2 is 2.05 bits per heavy atom. The molecular formula is C14H19NO4S. The first kappa shape index (κ1) is 15.0. The molecule has 0 radical (unpaired) electrons. The quantitative estimate of drug-likeness (QED) is 0.902. The summed E-state index contributed by atoms with van der Waals surface area (Å²) in [6, 6.07) is 6.26. The van der Waals surface area contributed by atoms with E-state index >= 15 is 0 Å². The lowest BCUT2D eigenvalue weighted by Crippen LogP contribution is -2.20. The first-order valence-electron chi connectivity index (χ1n) is 6.75. The minimum Gasteiger partial charge on any atom is -0.377 e. The highest BCUT2D eigenvalue weighted by atomic mass is 32.2. The summed E-state index contributed by atoms with van der Waals surface area (Å²) in [5.74, 6) is -0.0758. The highest BCUT2D eigenvalue weighted by molar-refractivity contribution is 7.91. The van der Waals surface area contributed by atoms with Gasteiger partial charge in [0.25, 0.3) is 0 Å². The summed E-state index contributed by atoms with van der Waals surface area (Å²) in [7, 11) is -3.33. The molecular weight excluding hydrogens is 278 g/mol. The van der Waals surface area contributed by atoms with Crippen LogP contribution in [-0.4, -0.2) is 32.8 Å². The van der Waals surface area contributed by atoms with Crippen molar-refractivity contribution in [1.82, 2.24) is 0 Å². The van der Waals surface area contributed by atoms with Gasteiger partial charge in [0.2, 0.25) is 5.91 Å². The summed E-state index contributed by atoms with van der Waals surface area (Å²) in [5, 5.41) is 2.68. The number of rotatable bonds is 5. The van der Waals surface area contributed by atoms with Gasteiger partial charge in [-0.3, -0.25) is 4.79 Å². The van der Waals surface area contributed by atoms with Crippen LogP contribution in [-0.2, 0) is 19.4 Å². The predicted molar refractivity (Wildman–Crippen MR) is 76.4 cm³/mol. The molecule has 1 N–H and O–H groups in total. The molecule has 1 heterocycles. The lowest BCUT2D eigenvalue weighted by Gasteiger charge is -2.11. The summed E-state index contributed by atoms with van der Waals surface area (Å²) < 4.78 is 29.8. The number of carbonyl (C=O) groups excluding carboxylic acids is 1. The van der Waals surface area contributed by atoms with Gasteiger partial charge in [-0.2, -0.15) is 0 Å². The second kappa shape index (κ2) is 6.37. The van der Waals surface area contributed by atoms with Crippen LogP contribution >= 0.6 is 0 Å². The molecule has 1 saturated heterocycles. The Kier molecular flexibility index (Phi) is 4.77. The highest BCUT2D eigenvalue weighted by Crippen LogP contribution is 2.20. The third-order valence-corrected chi connectivity index (χ3v) is 5.05. The van der Waals surface area contributed by atoms with Crippen molar-refractivity contribution >= 4 is 21.4 Å². The summed E-state index contributed by atoms with van der Waals surface area (Å²) in [5.41, 5.74) is 0.605. The Morgan fingerprint density at radius 3 is 2.60 bits per heavy atom. The molecule has 1 amide bonds. The van der Waals surface area contributed by atoms with Crippen molar-refractivity contribution in [3.8, 4) is 0 Å². The topological polar surface area (TPSA) is 72.5 Å². The van der Waals surface area contributed by atoms with Gasteiger partial charge in [0.1, 0.15) is 0 Å². The zero-order valence-corrected chi connectivity index (χ0v) is 12.3. The number of ether oxygens (including phenoxy) is 1. The smallest absolute Gasteiger partial charge is 0.224 e.